The lowest BCUT2D eigenvalue weighted by molar-refractivity contribution is 0.0758. The highest BCUT2D eigenvalue weighted by Gasteiger charge is 2.33. The molecule has 0 heterocycles. The Labute approximate surface area is 116 Å². The number of hydrogen-bond donors (Lipinski definition) is 2. The number of carbonyl (C=O) groups excluding carboxylic acids is 1. The van der Waals surface area contributed by atoms with Crippen LogP contribution in [-0.4, -0.2) is 23.2 Å². The molecule has 19 heavy (non-hydrogen) atoms. The van der Waals surface area contributed by atoms with E-state index in [2.05, 4.69) is 5.32 Å². The minimum Gasteiger partial charge on any atom is -0.394 e. The summed E-state index contributed by atoms with van der Waals surface area (Å²) in [5.41, 5.74) is -0.342. The fraction of sp³-hybridized carbons (Fsp3) is 0.500. The molecule has 1 aromatic carbocycles. The van der Waals surface area contributed by atoms with Gasteiger partial charge in [-0.2, -0.15) is 0 Å². The van der Waals surface area contributed by atoms with E-state index in [-0.39, 0.29) is 23.1 Å². The molecule has 2 N–H and O–H groups in total. The number of nitrogens with one attached hydrogen (secondary N) is 1. The van der Waals surface area contributed by atoms with E-state index < -0.39 is 11.4 Å². The van der Waals surface area contributed by atoms with Crippen LogP contribution in [-0.2, 0) is 0 Å². The van der Waals surface area contributed by atoms with Gasteiger partial charge in [0, 0.05) is 5.56 Å². The molecule has 2 rings (SSSR count). The van der Waals surface area contributed by atoms with E-state index >= 15 is 0 Å². The second-order valence-electron chi connectivity index (χ2n) is 5.08. The van der Waals surface area contributed by atoms with Crippen molar-refractivity contribution in [3.05, 3.63) is 34.6 Å². The molecule has 0 saturated heterocycles. The van der Waals surface area contributed by atoms with Crippen LogP contribution in [0.5, 0.6) is 0 Å². The Morgan fingerprint density at radius 3 is 2.63 bits per heavy atom. The molecule has 0 aliphatic heterocycles. The van der Waals surface area contributed by atoms with E-state index in [1.165, 1.54) is 12.1 Å². The predicted molar refractivity (Wildman–Crippen MR) is 71.8 cm³/mol. The molecule has 1 fully saturated rings. The molecule has 0 unspecified atom stereocenters. The Balaban J connectivity index is 2.12. The highest BCUT2D eigenvalue weighted by molar-refractivity contribution is 6.30. The van der Waals surface area contributed by atoms with E-state index in [1.54, 1.807) is 0 Å². The first-order chi connectivity index (χ1) is 9.06. The molecule has 1 aromatic rings. The second-order valence-corrected chi connectivity index (χ2v) is 5.49. The minimum absolute atomic E-state index is 0.00825. The number of hydrogen-bond acceptors (Lipinski definition) is 2. The molecule has 1 saturated carbocycles. The number of halogens is 2. The van der Waals surface area contributed by atoms with Crippen LogP contribution in [0.3, 0.4) is 0 Å². The Morgan fingerprint density at radius 2 is 2.05 bits per heavy atom. The van der Waals surface area contributed by atoms with E-state index in [1.807, 2.05) is 0 Å². The van der Waals surface area contributed by atoms with Crippen LogP contribution in [0.4, 0.5) is 4.39 Å². The Hall–Kier alpha value is -1.13. The summed E-state index contributed by atoms with van der Waals surface area (Å²) in [6.07, 6.45) is 4.59. The third kappa shape index (κ3) is 3.25. The molecule has 0 radical (unpaired) electrons. The summed E-state index contributed by atoms with van der Waals surface area (Å²) in [5, 5.41) is 12.4. The van der Waals surface area contributed by atoms with Crippen molar-refractivity contribution < 1.29 is 14.3 Å². The lowest BCUT2D eigenvalue weighted by Gasteiger charge is -2.36. The van der Waals surface area contributed by atoms with Gasteiger partial charge in [-0.15, -0.1) is 0 Å². The minimum atomic E-state index is -0.615. The van der Waals surface area contributed by atoms with Gasteiger partial charge in [0.25, 0.3) is 5.91 Å². The number of amides is 1. The van der Waals surface area contributed by atoms with Crippen LogP contribution < -0.4 is 5.32 Å². The van der Waals surface area contributed by atoms with Crippen molar-refractivity contribution in [1.29, 1.82) is 0 Å². The molecule has 0 aromatic heterocycles. The normalized spacial score (nSPS) is 18.1. The molecule has 0 spiro atoms. The molecule has 1 amide bonds. The average Bonchev–Trinajstić information content (AvgIpc) is 2.43. The van der Waals surface area contributed by atoms with E-state index in [4.69, 9.17) is 11.6 Å². The van der Waals surface area contributed by atoms with Gasteiger partial charge in [0.2, 0.25) is 0 Å². The van der Waals surface area contributed by atoms with Gasteiger partial charge in [-0.05, 0) is 31.0 Å². The molecule has 0 atom stereocenters. The fourth-order valence-corrected chi connectivity index (χ4v) is 2.62. The number of carbonyl (C=O) groups is 1. The number of aliphatic hydroxyl groups is 1. The predicted octanol–water partition coefficient (Wildman–Crippen LogP) is 2.90. The molecular weight excluding hydrogens is 269 g/mol. The summed E-state index contributed by atoms with van der Waals surface area (Å²) >= 11 is 5.59. The van der Waals surface area contributed by atoms with Gasteiger partial charge >= 0.3 is 0 Å². The molecular formula is C14H17ClFNO2. The third-order valence-electron chi connectivity index (χ3n) is 3.67. The van der Waals surface area contributed by atoms with Gasteiger partial charge < -0.3 is 10.4 Å². The second kappa shape index (κ2) is 5.88. The maximum atomic E-state index is 13.3. The van der Waals surface area contributed by atoms with Crippen molar-refractivity contribution in [2.75, 3.05) is 6.61 Å². The van der Waals surface area contributed by atoms with Gasteiger partial charge in [-0.25, -0.2) is 4.39 Å². The largest absolute Gasteiger partial charge is 0.394 e. The first kappa shape index (κ1) is 14.3. The van der Waals surface area contributed by atoms with Crippen LogP contribution in [0, 0.1) is 5.82 Å². The third-order valence-corrected chi connectivity index (χ3v) is 3.98. The van der Waals surface area contributed by atoms with E-state index in [0.717, 1.165) is 38.2 Å². The topological polar surface area (TPSA) is 49.3 Å². The maximum absolute atomic E-state index is 13.3. The molecule has 104 valence electrons. The highest BCUT2D eigenvalue weighted by atomic mass is 35.5. The summed E-state index contributed by atoms with van der Waals surface area (Å²) in [5.74, 6) is -0.984. The smallest absolute Gasteiger partial charge is 0.251 e. The number of benzene rings is 1. The van der Waals surface area contributed by atoms with E-state index in [9.17, 15) is 14.3 Å². The zero-order valence-corrected chi connectivity index (χ0v) is 11.3. The first-order valence-electron chi connectivity index (χ1n) is 6.45. The molecule has 3 nitrogen and oxygen atoms in total. The number of aliphatic hydroxyl groups excluding tert-OH is 1. The summed E-state index contributed by atoms with van der Waals surface area (Å²) in [6, 6.07) is 3.96. The monoisotopic (exact) mass is 285 g/mol. The Bertz CT molecular complexity index is 473. The quantitative estimate of drug-likeness (QED) is 0.897. The van der Waals surface area contributed by atoms with Crippen LogP contribution in [0.25, 0.3) is 0 Å². The molecule has 1 aliphatic rings. The van der Waals surface area contributed by atoms with Crippen LogP contribution in [0.1, 0.15) is 42.5 Å². The summed E-state index contributed by atoms with van der Waals surface area (Å²) < 4.78 is 13.3. The zero-order chi connectivity index (χ0) is 13.9. The van der Waals surface area contributed by atoms with Crippen molar-refractivity contribution in [3.63, 3.8) is 0 Å². The maximum Gasteiger partial charge on any atom is 0.251 e. The van der Waals surface area contributed by atoms with Crippen molar-refractivity contribution in [2.24, 2.45) is 0 Å². The highest BCUT2D eigenvalue weighted by Crippen LogP contribution is 2.28. The van der Waals surface area contributed by atoms with Crippen molar-refractivity contribution in [2.45, 2.75) is 37.6 Å². The van der Waals surface area contributed by atoms with E-state index in [0.29, 0.717) is 0 Å². The summed E-state index contributed by atoms with van der Waals surface area (Å²) in [7, 11) is 0. The van der Waals surface area contributed by atoms with Crippen molar-refractivity contribution in [1.82, 2.24) is 5.32 Å². The summed E-state index contributed by atoms with van der Waals surface area (Å²) in [6.45, 7) is -0.0885. The standard InChI is InChI=1S/C14H17ClFNO2/c15-11-5-4-10(8-12(11)16)13(19)17-14(9-18)6-2-1-3-7-14/h4-5,8,18H,1-3,6-7,9H2,(H,17,19). The Morgan fingerprint density at radius 1 is 1.37 bits per heavy atom. The summed E-state index contributed by atoms with van der Waals surface area (Å²) in [4.78, 5) is 12.1. The lowest BCUT2D eigenvalue weighted by atomic mass is 9.82. The van der Waals surface area contributed by atoms with Gasteiger partial charge in [0.15, 0.2) is 0 Å². The van der Waals surface area contributed by atoms with Gasteiger partial charge in [0.05, 0.1) is 17.2 Å². The van der Waals surface area contributed by atoms with Crippen LogP contribution >= 0.6 is 11.6 Å². The zero-order valence-electron chi connectivity index (χ0n) is 10.6. The lowest BCUT2D eigenvalue weighted by Crippen LogP contribution is -2.52. The van der Waals surface area contributed by atoms with Gasteiger partial charge in [-0.3, -0.25) is 4.79 Å². The SMILES string of the molecule is O=C(NC1(CO)CCCCC1)c1ccc(Cl)c(F)c1. The van der Waals surface area contributed by atoms with Gasteiger partial charge in [0.1, 0.15) is 5.82 Å². The molecule has 1 aliphatic carbocycles. The van der Waals surface area contributed by atoms with Crippen molar-refractivity contribution in [3.8, 4) is 0 Å². The van der Waals surface area contributed by atoms with Crippen LogP contribution in [0.15, 0.2) is 18.2 Å². The Kier molecular flexibility index (Phi) is 4.42. The molecule has 0 bridgehead atoms. The fourth-order valence-electron chi connectivity index (χ4n) is 2.50. The molecule has 5 heteroatoms. The average molecular weight is 286 g/mol. The number of rotatable bonds is 3. The van der Waals surface area contributed by atoms with Crippen LogP contribution in [0.2, 0.25) is 5.02 Å². The van der Waals surface area contributed by atoms with Gasteiger partial charge in [-0.1, -0.05) is 30.9 Å². The van der Waals surface area contributed by atoms with Crippen molar-refractivity contribution >= 4 is 17.5 Å². The first-order valence-corrected chi connectivity index (χ1v) is 6.82.